The molecule has 0 saturated heterocycles. The van der Waals surface area contributed by atoms with Crippen LogP contribution in [0.25, 0.3) is 10.9 Å². The van der Waals surface area contributed by atoms with E-state index in [4.69, 9.17) is 0 Å². The summed E-state index contributed by atoms with van der Waals surface area (Å²) < 4.78 is 13.5. The van der Waals surface area contributed by atoms with E-state index < -0.39 is 0 Å². The van der Waals surface area contributed by atoms with Gasteiger partial charge < -0.3 is 9.88 Å². The van der Waals surface area contributed by atoms with Gasteiger partial charge in [0, 0.05) is 47.2 Å². The fraction of sp³-hybridized carbons (Fsp3) is 0.211. The Labute approximate surface area is 133 Å². The fourth-order valence-corrected chi connectivity index (χ4v) is 3.24. The lowest BCUT2D eigenvalue weighted by Gasteiger charge is -2.27. The predicted octanol–water partition coefficient (Wildman–Crippen LogP) is 3.81. The van der Waals surface area contributed by atoms with Gasteiger partial charge in [-0.3, -0.25) is 4.79 Å². The van der Waals surface area contributed by atoms with E-state index in [9.17, 15) is 9.18 Å². The highest BCUT2D eigenvalue weighted by molar-refractivity contribution is 5.95. The molecular formula is C19H17FN2O. The van der Waals surface area contributed by atoms with E-state index in [-0.39, 0.29) is 11.7 Å². The SMILES string of the molecule is Cc1ccc(C(=O)N2CCc3[nH]c4ccc(F)cc4c3C2)cc1. The summed E-state index contributed by atoms with van der Waals surface area (Å²) in [5.74, 6) is -0.220. The summed E-state index contributed by atoms with van der Waals surface area (Å²) in [7, 11) is 0. The molecule has 116 valence electrons. The van der Waals surface area contributed by atoms with Crippen molar-refractivity contribution >= 4 is 16.8 Å². The Bertz CT molecular complexity index is 896. The average Bonchev–Trinajstić information content (AvgIpc) is 2.92. The number of hydrogen-bond acceptors (Lipinski definition) is 1. The number of aryl methyl sites for hydroxylation is 1. The molecule has 1 aliphatic heterocycles. The molecule has 0 fully saturated rings. The molecule has 0 unspecified atom stereocenters. The summed E-state index contributed by atoms with van der Waals surface area (Å²) in [6, 6.07) is 12.4. The van der Waals surface area contributed by atoms with Crippen molar-refractivity contribution in [2.24, 2.45) is 0 Å². The second-order valence-electron chi connectivity index (χ2n) is 6.11. The standard InChI is InChI=1S/C19H17FN2O/c1-12-2-4-13(5-3-12)19(23)22-9-8-18-16(11-22)15-10-14(20)6-7-17(15)21-18/h2-7,10,21H,8-9,11H2,1H3. The highest BCUT2D eigenvalue weighted by Crippen LogP contribution is 2.29. The first kappa shape index (κ1) is 14.0. The van der Waals surface area contributed by atoms with Gasteiger partial charge in [-0.2, -0.15) is 0 Å². The van der Waals surface area contributed by atoms with Gasteiger partial charge in [-0.1, -0.05) is 17.7 Å². The summed E-state index contributed by atoms with van der Waals surface area (Å²) in [6.07, 6.45) is 0.767. The summed E-state index contributed by atoms with van der Waals surface area (Å²) in [5, 5.41) is 0.876. The molecule has 4 heteroatoms. The van der Waals surface area contributed by atoms with Crippen LogP contribution >= 0.6 is 0 Å². The van der Waals surface area contributed by atoms with Crippen LogP contribution in [0.4, 0.5) is 4.39 Å². The van der Waals surface area contributed by atoms with Crippen molar-refractivity contribution in [3.05, 3.63) is 70.7 Å². The number of carbonyl (C=O) groups excluding carboxylic acids is 1. The summed E-state index contributed by atoms with van der Waals surface area (Å²) in [5.41, 5.74) is 4.91. The monoisotopic (exact) mass is 308 g/mol. The fourth-order valence-electron chi connectivity index (χ4n) is 3.24. The van der Waals surface area contributed by atoms with E-state index >= 15 is 0 Å². The quantitative estimate of drug-likeness (QED) is 0.729. The van der Waals surface area contributed by atoms with Crippen molar-refractivity contribution < 1.29 is 9.18 Å². The van der Waals surface area contributed by atoms with E-state index in [2.05, 4.69) is 4.98 Å². The van der Waals surface area contributed by atoms with E-state index in [0.29, 0.717) is 18.7 Å². The molecule has 0 bridgehead atoms. The van der Waals surface area contributed by atoms with Gasteiger partial charge in [0.1, 0.15) is 5.82 Å². The van der Waals surface area contributed by atoms with Gasteiger partial charge >= 0.3 is 0 Å². The molecule has 4 rings (SSSR count). The zero-order valence-electron chi connectivity index (χ0n) is 12.9. The number of hydrogen-bond donors (Lipinski definition) is 1. The lowest BCUT2D eigenvalue weighted by atomic mass is 10.0. The molecule has 0 radical (unpaired) electrons. The van der Waals surface area contributed by atoms with Crippen molar-refractivity contribution in [2.75, 3.05) is 6.54 Å². The number of carbonyl (C=O) groups is 1. The van der Waals surface area contributed by atoms with Crippen LogP contribution in [0, 0.1) is 12.7 Å². The third kappa shape index (κ3) is 2.40. The Kier molecular flexibility index (Phi) is 3.18. The third-order valence-electron chi connectivity index (χ3n) is 4.52. The van der Waals surface area contributed by atoms with Crippen molar-refractivity contribution in [1.29, 1.82) is 0 Å². The molecule has 0 spiro atoms. The number of aromatic amines is 1. The molecule has 0 aliphatic carbocycles. The molecule has 0 atom stereocenters. The smallest absolute Gasteiger partial charge is 0.254 e. The van der Waals surface area contributed by atoms with E-state index in [1.807, 2.05) is 36.1 Å². The number of rotatable bonds is 1. The summed E-state index contributed by atoms with van der Waals surface area (Å²) >= 11 is 0. The van der Waals surface area contributed by atoms with Gasteiger partial charge in [0.25, 0.3) is 5.91 Å². The second kappa shape index (κ2) is 5.23. The first-order chi connectivity index (χ1) is 11.1. The van der Waals surface area contributed by atoms with Crippen LogP contribution in [0.1, 0.15) is 27.2 Å². The minimum atomic E-state index is -0.249. The maximum Gasteiger partial charge on any atom is 0.254 e. The third-order valence-corrected chi connectivity index (χ3v) is 4.52. The van der Waals surface area contributed by atoms with Crippen molar-refractivity contribution in [3.8, 4) is 0 Å². The Morgan fingerprint density at radius 1 is 1.17 bits per heavy atom. The molecule has 3 aromatic rings. The second-order valence-corrected chi connectivity index (χ2v) is 6.11. The first-order valence-corrected chi connectivity index (χ1v) is 7.77. The maximum absolute atomic E-state index is 13.5. The topological polar surface area (TPSA) is 36.1 Å². The molecule has 1 amide bonds. The highest BCUT2D eigenvalue weighted by Gasteiger charge is 2.24. The molecule has 1 aromatic heterocycles. The Morgan fingerprint density at radius 3 is 2.74 bits per heavy atom. The summed E-state index contributed by atoms with van der Waals surface area (Å²) in [4.78, 5) is 17.9. The van der Waals surface area contributed by atoms with Crippen molar-refractivity contribution in [1.82, 2.24) is 9.88 Å². The molecule has 0 saturated carbocycles. The zero-order chi connectivity index (χ0) is 16.0. The van der Waals surface area contributed by atoms with Crippen LogP contribution in [0.15, 0.2) is 42.5 Å². The zero-order valence-corrected chi connectivity index (χ0v) is 12.9. The van der Waals surface area contributed by atoms with Crippen LogP contribution in [0.2, 0.25) is 0 Å². The van der Waals surface area contributed by atoms with Crippen LogP contribution < -0.4 is 0 Å². The summed E-state index contributed by atoms with van der Waals surface area (Å²) in [6.45, 7) is 3.20. The number of fused-ring (bicyclic) bond motifs is 3. The van der Waals surface area contributed by atoms with Gasteiger partial charge in [0.05, 0.1) is 0 Å². The van der Waals surface area contributed by atoms with Gasteiger partial charge in [0.15, 0.2) is 0 Å². The van der Waals surface area contributed by atoms with Gasteiger partial charge in [-0.15, -0.1) is 0 Å². The first-order valence-electron chi connectivity index (χ1n) is 7.77. The van der Waals surface area contributed by atoms with E-state index in [0.717, 1.165) is 34.1 Å². The molecule has 23 heavy (non-hydrogen) atoms. The van der Waals surface area contributed by atoms with Gasteiger partial charge in [-0.25, -0.2) is 4.39 Å². The number of nitrogens with one attached hydrogen (secondary N) is 1. The Hall–Kier alpha value is -2.62. The minimum Gasteiger partial charge on any atom is -0.358 e. The number of aromatic nitrogens is 1. The average molecular weight is 308 g/mol. The number of H-pyrrole nitrogens is 1. The van der Waals surface area contributed by atoms with Gasteiger partial charge in [-0.05, 0) is 37.3 Å². The molecule has 1 aliphatic rings. The van der Waals surface area contributed by atoms with Gasteiger partial charge in [0.2, 0.25) is 0 Å². The van der Waals surface area contributed by atoms with Crippen LogP contribution in [-0.4, -0.2) is 22.3 Å². The number of nitrogens with zero attached hydrogens (tertiary/aromatic N) is 1. The predicted molar refractivity (Wildman–Crippen MR) is 87.9 cm³/mol. The number of amides is 1. The highest BCUT2D eigenvalue weighted by atomic mass is 19.1. The Morgan fingerprint density at radius 2 is 1.96 bits per heavy atom. The minimum absolute atomic E-state index is 0.0291. The van der Waals surface area contributed by atoms with E-state index in [1.54, 1.807) is 12.1 Å². The largest absolute Gasteiger partial charge is 0.358 e. The van der Waals surface area contributed by atoms with Crippen LogP contribution in [0.3, 0.4) is 0 Å². The van der Waals surface area contributed by atoms with Crippen LogP contribution in [-0.2, 0) is 13.0 Å². The lowest BCUT2D eigenvalue weighted by molar-refractivity contribution is 0.0735. The number of benzene rings is 2. The normalized spacial score (nSPS) is 14.1. The number of halogens is 1. The van der Waals surface area contributed by atoms with Crippen molar-refractivity contribution in [2.45, 2.75) is 19.9 Å². The van der Waals surface area contributed by atoms with Crippen molar-refractivity contribution in [3.63, 3.8) is 0 Å². The molecule has 2 heterocycles. The lowest BCUT2D eigenvalue weighted by Crippen LogP contribution is -2.35. The Balaban J connectivity index is 1.67. The molecule has 1 N–H and O–H groups in total. The molecular weight excluding hydrogens is 291 g/mol. The maximum atomic E-state index is 13.5. The molecule has 2 aromatic carbocycles. The van der Waals surface area contributed by atoms with E-state index in [1.165, 1.54) is 6.07 Å². The molecule has 3 nitrogen and oxygen atoms in total. The van der Waals surface area contributed by atoms with Crippen LogP contribution in [0.5, 0.6) is 0 Å².